The third-order valence-corrected chi connectivity index (χ3v) is 5.81. The van der Waals surface area contributed by atoms with Gasteiger partial charge < -0.3 is 9.64 Å². The predicted octanol–water partition coefficient (Wildman–Crippen LogP) is 3.36. The Morgan fingerprint density at radius 2 is 2.07 bits per heavy atom. The zero-order chi connectivity index (χ0) is 19.7. The van der Waals surface area contributed by atoms with Crippen LogP contribution in [0, 0.1) is 6.92 Å². The van der Waals surface area contributed by atoms with Crippen LogP contribution in [0.15, 0.2) is 35.3 Å². The number of aryl methyl sites for hydroxylation is 1. The quantitative estimate of drug-likeness (QED) is 0.658. The first-order valence-electron chi connectivity index (χ1n) is 8.86. The molecule has 6 nitrogen and oxygen atoms in total. The van der Waals surface area contributed by atoms with Crippen LogP contribution in [0.25, 0.3) is 17.1 Å². The van der Waals surface area contributed by atoms with E-state index in [9.17, 15) is 9.59 Å². The van der Waals surface area contributed by atoms with Crippen molar-refractivity contribution in [2.24, 2.45) is 0 Å². The van der Waals surface area contributed by atoms with E-state index in [2.05, 4.69) is 4.98 Å². The second-order valence-corrected chi connectivity index (χ2v) is 7.90. The van der Waals surface area contributed by atoms with E-state index in [1.807, 2.05) is 37.3 Å². The van der Waals surface area contributed by atoms with Gasteiger partial charge in [0.15, 0.2) is 4.96 Å². The van der Waals surface area contributed by atoms with Gasteiger partial charge in [0.2, 0.25) is 0 Å². The Morgan fingerprint density at radius 1 is 1.29 bits per heavy atom. The van der Waals surface area contributed by atoms with Gasteiger partial charge in [-0.25, -0.2) is 4.98 Å². The number of nitrogens with zero attached hydrogens (tertiary/aromatic N) is 3. The molecule has 0 saturated carbocycles. The summed E-state index contributed by atoms with van der Waals surface area (Å²) in [5.41, 5.74) is 2.14. The lowest BCUT2D eigenvalue weighted by Crippen LogP contribution is -2.40. The first kappa shape index (κ1) is 18.9. The average molecular weight is 416 g/mol. The third kappa shape index (κ3) is 3.73. The summed E-state index contributed by atoms with van der Waals surface area (Å²) < 4.78 is 6.62. The summed E-state index contributed by atoms with van der Waals surface area (Å²) in [6, 6.07) is 7.97. The van der Waals surface area contributed by atoms with Crippen LogP contribution in [0.4, 0.5) is 0 Å². The molecule has 1 amide bonds. The number of ether oxygens (including phenoxy) is 1. The molecule has 28 heavy (non-hydrogen) atoms. The number of halogens is 1. The smallest absolute Gasteiger partial charge is 0.277 e. The normalized spacial score (nSPS) is 14.9. The molecule has 1 aliphatic rings. The second kappa shape index (κ2) is 7.87. The van der Waals surface area contributed by atoms with Gasteiger partial charge in [-0.2, -0.15) is 0 Å². The van der Waals surface area contributed by atoms with Crippen molar-refractivity contribution in [2.45, 2.75) is 6.92 Å². The summed E-state index contributed by atoms with van der Waals surface area (Å²) in [6.45, 7) is 4.14. The van der Waals surface area contributed by atoms with Crippen LogP contribution in [-0.4, -0.2) is 46.5 Å². The van der Waals surface area contributed by atoms with Crippen LogP contribution in [0.5, 0.6) is 0 Å². The number of benzene rings is 1. The number of amides is 1. The van der Waals surface area contributed by atoms with E-state index in [-0.39, 0.29) is 16.5 Å². The van der Waals surface area contributed by atoms with Crippen molar-refractivity contribution in [3.63, 3.8) is 0 Å². The van der Waals surface area contributed by atoms with Crippen molar-refractivity contribution in [3.05, 3.63) is 67.5 Å². The maximum Gasteiger partial charge on any atom is 0.277 e. The molecule has 3 aromatic rings. The average Bonchev–Trinajstić information content (AvgIpc) is 3.14. The van der Waals surface area contributed by atoms with Crippen molar-refractivity contribution in [3.8, 4) is 0 Å². The number of carbonyl (C=O) groups is 1. The minimum atomic E-state index is -0.382. The SMILES string of the molecule is Cc1cccc(C=Cc2nc3sc(C(=O)N4CCOCC4)cn3c(=O)c2Cl)c1. The monoisotopic (exact) mass is 415 g/mol. The summed E-state index contributed by atoms with van der Waals surface area (Å²) in [5, 5.41) is 0.0320. The lowest BCUT2D eigenvalue weighted by atomic mass is 10.1. The van der Waals surface area contributed by atoms with Crippen LogP contribution in [-0.2, 0) is 4.74 Å². The molecule has 2 aromatic heterocycles. The molecule has 3 heterocycles. The van der Waals surface area contributed by atoms with Gasteiger partial charge in [0, 0.05) is 19.3 Å². The topological polar surface area (TPSA) is 63.9 Å². The van der Waals surface area contributed by atoms with Gasteiger partial charge in [-0.15, -0.1) is 0 Å². The van der Waals surface area contributed by atoms with E-state index >= 15 is 0 Å². The number of thiazole rings is 1. The summed E-state index contributed by atoms with van der Waals surface area (Å²) in [5.74, 6) is -0.119. The standard InChI is InChI=1S/C20H18ClN3O3S/c1-13-3-2-4-14(11-13)5-6-15-17(21)19(26)24-12-16(28-20(24)22-15)18(25)23-7-9-27-10-8-23/h2-6,11-12H,7-10H2,1H3. The van der Waals surface area contributed by atoms with Gasteiger partial charge in [-0.05, 0) is 18.6 Å². The van der Waals surface area contributed by atoms with Crippen LogP contribution in [0.2, 0.25) is 5.02 Å². The zero-order valence-electron chi connectivity index (χ0n) is 15.2. The third-order valence-electron chi connectivity index (χ3n) is 4.49. The Balaban J connectivity index is 1.69. The highest BCUT2D eigenvalue weighted by molar-refractivity contribution is 7.18. The van der Waals surface area contributed by atoms with Crippen molar-refractivity contribution in [1.29, 1.82) is 0 Å². The zero-order valence-corrected chi connectivity index (χ0v) is 16.8. The molecule has 0 atom stereocenters. The Bertz CT molecular complexity index is 1130. The highest BCUT2D eigenvalue weighted by atomic mass is 35.5. The minimum Gasteiger partial charge on any atom is -0.378 e. The van der Waals surface area contributed by atoms with E-state index in [4.69, 9.17) is 16.3 Å². The molecule has 0 spiro atoms. The van der Waals surface area contributed by atoms with Gasteiger partial charge in [0.1, 0.15) is 9.90 Å². The fraction of sp³-hybridized carbons (Fsp3) is 0.250. The number of rotatable bonds is 3. The maximum atomic E-state index is 12.7. The first-order valence-corrected chi connectivity index (χ1v) is 10.1. The Morgan fingerprint density at radius 3 is 2.82 bits per heavy atom. The van der Waals surface area contributed by atoms with Crippen LogP contribution in [0.3, 0.4) is 0 Å². The van der Waals surface area contributed by atoms with Gasteiger partial charge in [0.05, 0.1) is 18.9 Å². The van der Waals surface area contributed by atoms with Crippen molar-refractivity contribution >= 4 is 46.0 Å². The van der Waals surface area contributed by atoms with Crippen LogP contribution >= 0.6 is 22.9 Å². The predicted molar refractivity (Wildman–Crippen MR) is 111 cm³/mol. The molecule has 1 fully saturated rings. The fourth-order valence-corrected chi connectivity index (χ4v) is 4.16. The number of carbonyl (C=O) groups excluding carboxylic acids is 1. The fourth-order valence-electron chi connectivity index (χ4n) is 3.02. The van der Waals surface area contributed by atoms with Gasteiger partial charge in [-0.1, -0.05) is 58.8 Å². The van der Waals surface area contributed by atoms with Gasteiger partial charge in [0.25, 0.3) is 11.5 Å². The second-order valence-electron chi connectivity index (χ2n) is 6.52. The maximum absolute atomic E-state index is 12.7. The summed E-state index contributed by atoms with van der Waals surface area (Å²) >= 11 is 7.44. The minimum absolute atomic E-state index is 0.0320. The summed E-state index contributed by atoms with van der Waals surface area (Å²) in [4.78, 5) is 32.4. The van der Waals surface area contributed by atoms with E-state index in [1.165, 1.54) is 21.9 Å². The largest absolute Gasteiger partial charge is 0.378 e. The van der Waals surface area contributed by atoms with Gasteiger partial charge >= 0.3 is 0 Å². The molecule has 0 aliphatic carbocycles. The number of aromatic nitrogens is 2. The molecule has 1 aliphatic heterocycles. The Kier molecular flexibility index (Phi) is 5.30. The van der Waals surface area contributed by atoms with Crippen LogP contribution < -0.4 is 5.56 Å². The first-order chi connectivity index (χ1) is 13.5. The van der Waals surface area contributed by atoms with Crippen molar-refractivity contribution < 1.29 is 9.53 Å². The highest BCUT2D eigenvalue weighted by Gasteiger charge is 2.22. The lowest BCUT2D eigenvalue weighted by molar-refractivity contribution is 0.0306. The number of hydrogen-bond donors (Lipinski definition) is 0. The summed E-state index contributed by atoms with van der Waals surface area (Å²) in [7, 11) is 0. The van der Waals surface area contributed by atoms with Crippen molar-refractivity contribution in [1.82, 2.24) is 14.3 Å². The molecule has 4 rings (SSSR count). The molecule has 8 heteroatoms. The molecule has 0 unspecified atom stereocenters. The number of fused-ring (bicyclic) bond motifs is 1. The highest BCUT2D eigenvalue weighted by Crippen LogP contribution is 2.21. The van der Waals surface area contributed by atoms with E-state index in [0.29, 0.717) is 41.8 Å². The Labute approximate surface area is 170 Å². The number of morpholine rings is 1. The molecule has 0 N–H and O–H groups in total. The van der Waals surface area contributed by atoms with E-state index in [0.717, 1.165) is 11.1 Å². The van der Waals surface area contributed by atoms with E-state index < -0.39 is 0 Å². The summed E-state index contributed by atoms with van der Waals surface area (Å²) in [6.07, 6.45) is 5.11. The number of hydrogen-bond acceptors (Lipinski definition) is 5. The van der Waals surface area contributed by atoms with Crippen molar-refractivity contribution in [2.75, 3.05) is 26.3 Å². The molecular weight excluding hydrogens is 398 g/mol. The van der Waals surface area contributed by atoms with E-state index in [1.54, 1.807) is 11.0 Å². The molecule has 0 radical (unpaired) electrons. The molecule has 1 saturated heterocycles. The molecule has 0 bridgehead atoms. The lowest BCUT2D eigenvalue weighted by Gasteiger charge is -2.26. The molecule has 144 valence electrons. The molecular formula is C20H18ClN3O3S. The molecule has 1 aromatic carbocycles. The van der Waals surface area contributed by atoms with Crippen LogP contribution in [0.1, 0.15) is 26.5 Å². The Hall–Kier alpha value is -2.48. The van der Waals surface area contributed by atoms with Gasteiger partial charge in [-0.3, -0.25) is 14.0 Å².